The van der Waals surface area contributed by atoms with Crippen molar-refractivity contribution in [3.8, 4) is 0 Å². The van der Waals surface area contributed by atoms with Crippen LogP contribution in [-0.2, 0) is 0 Å². The minimum atomic E-state index is -0.227. The Bertz CT molecular complexity index is 596. The molecule has 1 aromatic carbocycles. The Hall–Kier alpha value is -2.36. The highest BCUT2D eigenvalue weighted by molar-refractivity contribution is 5.90. The van der Waals surface area contributed by atoms with E-state index in [-0.39, 0.29) is 12.1 Å². The number of aromatic nitrogens is 1. The molecule has 0 saturated carbocycles. The molecule has 4 heteroatoms. The van der Waals surface area contributed by atoms with Gasteiger partial charge in [-0.1, -0.05) is 23.8 Å². The smallest absolute Gasteiger partial charge is 0.319 e. The summed E-state index contributed by atoms with van der Waals surface area (Å²) in [5.74, 6) is 0. The second kappa shape index (κ2) is 6.19. The molecule has 0 saturated heterocycles. The molecule has 104 valence electrons. The zero-order valence-electron chi connectivity index (χ0n) is 12.0. The summed E-state index contributed by atoms with van der Waals surface area (Å²) in [7, 11) is 0. The maximum Gasteiger partial charge on any atom is 0.319 e. The molecule has 2 amide bonds. The van der Waals surface area contributed by atoms with Crippen molar-refractivity contribution in [2.45, 2.75) is 26.8 Å². The lowest BCUT2D eigenvalue weighted by molar-refractivity contribution is 0.249. The van der Waals surface area contributed by atoms with E-state index in [9.17, 15) is 4.79 Å². The van der Waals surface area contributed by atoms with Gasteiger partial charge in [0.2, 0.25) is 0 Å². The summed E-state index contributed by atoms with van der Waals surface area (Å²) >= 11 is 0. The average molecular weight is 269 g/mol. The minimum absolute atomic E-state index is 0.137. The number of rotatable bonds is 3. The Balaban J connectivity index is 1.99. The number of anilines is 1. The van der Waals surface area contributed by atoms with E-state index in [1.54, 1.807) is 6.20 Å². The summed E-state index contributed by atoms with van der Waals surface area (Å²) in [4.78, 5) is 16.2. The van der Waals surface area contributed by atoms with Gasteiger partial charge in [0.05, 0.1) is 11.7 Å². The number of nitrogens with one attached hydrogen (secondary N) is 2. The summed E-state index contributed by atoms with van der Waals surface area (Å²) < 4.78 is 0. The van der Waals surface area contributed by atoms with E-state index < -0.39 is 0 Å². The van der Waals surface area contributed by atoms with Gasteiger partial charge in [-0.3, -0.25) is 4.98 Å². The van der Waals surface area contributed by atoms with Crippen LogP contribution in [0.2, 0.25) is 0 Å². The van der Waals surface area contributed by atoms with Crippen molar-refractivity contribution in [1.82, 2.24) is 10.3 Å². The van der Waals surface area contributed by atoms with Crippen LogP contribution in [0.15, 0.2) is 42.6 Å². The first-order chi connectivity index (χ1) is 9.56. The summed E-state index contributed by atoms with van der Waals surface area (Å²) in [6.45, 7) is 5.91. The Morgan fingerprint density at radius 2 is 2.00 bits per heavy atom. The van der Waals surface area contributed by atoms with Crippen molar-refractivity contribution in [3.63, 3.8) is 0 Å². The molecule has 0 radical (unpaired) electrons. The standard InChI is InChI=1S/C16H19N3O/c1-11-7-8-14(12(2)10-11)19-16(20)18-13(3)15-6-4-5-9-17-15/h4-10,13H,1-3H3,(H2,18,19,20). The normalized spacial score (nSPS) is 11.8. The first-order valence-corrected chi connectivity index (χ1v) is 6.62. The van der Waals surface area contributed by atoms with Crippen molar-refractivity contribution < 1.29 is 4.79 Å². The summed E-state index contributed by atoms with van der Waals surface area (Å²) in [6, 6.07) is 11.2. The average Bonchev–Trinajstić information content (AvgIpc) is 2.43. The lowest BCUT2D eigenvalue weighted by atomic mass is 10.1. The first-order valence-electron chi connectivity index (χ1n) is 6.62. The zero-order valence-corrected chi connectivity index (χ0v) is 12.0. The Labute approximate surface area is 119 Å². The molecule has 1 unspecified atom stereocenters. The third-order valence-corrected chi connectivity index (χ3v) is 3.11. The molecule has 2 N–H and O–H groups in total. The number of nitrogens with zero attached hydrogens (tertiary/aromatic N) is 1. The molecule has 1 atom stereocenters. The third kappa shape index (κ3) is 3.57. The number of benzene rings is 1. The van der Waals surface area contributed by atoms with E-state index in [2.05, 4.69) is 15.6 Å². The molecule has 0 aliphatic rings. The highest BCUT2D eigenvalue weighted by Gasteiger charge is 2.10. The number of hydrogen-bond acceptors (Lipinski definition) is 2. The minimum Gasteiger partial charge on any atom is -0.330 e. The van der Waals surface area contributed by atoms with Gasteiger partial charge in [0, 0.05) is 11.9 Å². The fourth-order valence-corrected chi connectivity index (χ4v) is 2.01. The molecule has 2 rings (SSSR count). The van der Waals surface area contributed by atoms with Crippen LogP contribution < -0.4 is 10.6 Å². The summed E-state index contributed by atoms with van der Waals surface area (Å²) in [6.07, 6.45) is 1.72. The molecular weight excluding hydrogens is 250 g/mol. The summed E-state index contributed by atoms with van der Waals surface area (Å²) in [5.41, 5.74) is 3.88. The summed E-state index contributed by atoms with van der Waals surface area (Å²) in [5, 5.41) is 5.73. The number of pyridine rings is 1. The van der Waals surface area contributed by atoms with E-state index in [0.29, 0.717) is 0 Å². The van der Waals surface area contributed by atoms with Gasteiger partial charge < -0.3 is 10.6 Å². The van der Waals surface area contributed by atoms with Crippen LogP contribution in [-0.4, -0.2) is 11.0 Å². The molecule has 0 bridgehead atoms. The Morgan fingerprint density at radius 3 is 2.65 bits per heavy atom. The molecule has 0 aliphatic carbocycles. The molecule has 2 aromatic rings. The Morgan fingerprint density at radius 1 is 1.20 bits per heavy atom. The monoisotopic (exact) mass is 269 g/mol. The fraction of sp³-hybridized carbons (Fsp3) is 0.250. The van der Waals surface area contributed by atoms with Crippen LogP contribution in [0.3, 0.4) is 0 Å². The molecule has 1 aromatic heterocycles. The van der Waals surface area contributed by atoms with E-state index in [0.717, 1.165) is 16.9 Å². The third-order valence-electron chi connectivity index (χ3n) is 3.11. The molecule has 0 aliphatic heterocycles. The maximum atomic E-state index is 12.0. The predicted molar refractivity (Wildman–Crippen MR) is 80.7 cm³/mol. The van der Waals surface area contributed by atoms with Gasteiger partial charge in [-0.05, 0) is 44.5 Å². The molecule has 1 heterocycles. The van der Waals surface area contributed by atoms with E-state index in [1.807, 2.05) is 57.2 Å². The highest BCUT2D eigenvalue weighted by Crippen LogP contribution is 2.16. The molecule has 0 fully saturated rings. The van der Waals surface area contributed by atoms with Crippen molar-refractivity contribution in [2.24, 2.45) is 0 Å². The van der Waals surface area contributed by atoms with Crippen LogP contribution in [0.1, 0.15) is 29.8 Å². The second-order valence-electron chi connectivity index (χ2n) is 4.89. The Kier molecular flexibility index (Phi) is 4.35. The van der Waals surface area contributed by atoms with E-state index >= 15 is 0 Å². The molecule has 0 spiro atoms. The van der Waals surface area contributed by atoms with Crippen LogP contribution >= 0.6 is 0 Å². The van der Waals surface area contributed by atoms with Crippen molar-refractivity contribution in [2.75, 3.05) is 5.32 Å². The van der Waals surface area contributed by atoms with Crippen molar-refractivity contribution >= 4 is 11.7 Å². The van der Waals surface area contributed by atoms with Crippen molar-refractivity contribution in [1.29, 1.82) is 0 Å². The number of carbonyl (C=O) groups is 1. The van der Waals surface area contributed by atoms with Crippen molar-refractivity contribution in [3.05, 3.63) is 59.4 Å². The maximum absolute atomic E-state index is 12.0. The van der Waals surface area contributed by atoms with E-state index in [4.69, 9.17) is 0 Å². The van der Waals surface area contributed by atoms with Crippen LogP contribution in [0.4, 0.5) is 10.5 Å². The van der Waals surface area contributed by atoms with Crippen LogP contribution in [0.5, 0.6) is 0 Å². The van der Waals surface area contributed by atoms with Gasteiger partial charge in [-0.15, -0.1) is 0 Å². The predicted octanol–water partition coefficient (Wildman–Crippen LogP) is 3.58. The fourth-order valence-electron chi connectivity index (χ4n) is 2.01. The van der Waals surface area contributed by atoms with Crippen LogP contribution in [0.25, 0.3) is 0 Å². The van der Waals surface area contributed by atoms with Gasteiger partial charge in [0.1, 0.15) is 0 Å². The van der Waals surface area contributed by atoms with Gasteiger partial charge in [-0.2, -0.15) is 0 Å². The van der Waals surface area contributed by atoms with Crippen LogP contribution in [0, 0.1) is 13.8 Å². The lowest BCUT2D eigenvalue weighted by Crippen LogP contribution is -2.31. The largest absolute Gasteiger partial charge is 0.330 e. The quantitative estimate of drug-likeness (QED) is 0.894. The number of urea groups is 1. The lowest BCUT2D eigenvalue weighted by Gasteiger charge is -2.15. The number of amides is 2. The SMILES string of the molecule is Cc1ccc(NC(=O)NC(C)c2ccccn2)c(C)c1. The zero-order chi connectivity index (χ0) is 14.5. The molecular formula is C16H19N3O. The van der Waals surface area contributed by atoms with E-state index in [1.165, 1.54) is 5.56 Å². The first kappa shape index (κ1) is 14.1. The molecule has 4 nitrogen and oxygen atoms in total. The van der Waals surface area contributed by atoms with Gasteiger partial charge >= 0.3 is 6.03 Å². The number of carbonyl (C=O) groups excluding carboxylic acids is 1. The topological polar surface area (TPSA) is 54.0 Å². The second-order valence-corrected chi connectivity index (χ2v) is 4.89. The van der Waals surface area contributed by atoms with Gasteiger partial charge in [-0.25, -0.2) is 4.79 Å². The molecule has 20 heavy (non-hydrogen) atoms. The van der Waals surface area contributed by atoms with Gasteiger partial charge in [0.25, 0.3) is 0 Å². The number of hydrogen-bond donors (Lipinski definition) is 2. The van der Waals surface area contributed by atoms with Gasteiger partial charge in [0.15, 0.2) is 0 Å². The highest BCUT2D eigenvalue weighted by atomic mass is 16.2. The number of aryl methyl sites for hydroxylation is 2.